The van der Waals surface area contributed by atoms with Crippen LogP contribution in [-0.4, -0.2) is 13.1 Å². The highest BCUT2D eigenvalue weighted by molar-refractivity contribution is 5.89. The van der Waals surface area contributed by atoms with E-state index in [2.05, 4.69) is 4.74 Å². The summed E-state index contributed by atoms with van der Waals surface area (Å²) in [4.78, 5) is 11.3. The number of carbonyl (C=O) groups is 1. The second-order valence-corrected chi connectivity index (χ2v) is 4.50. The van der Waals surface area contributed by atoms with Gasteiger partial charge in [0.1, 0.15) is 12.4 Å². The molecule has 0 aromatic heterocycles. The van der Waals surface area contributed by atoms with Crippen molar-refractivity contribution in [1.82, 2.24) is 0 Å². The predicted molar refractivity (Wildman–Crippen MR) is 77.7 cm³/mol. The van der Waals surface area contributed by atoms with Crippen LogP contribution in [0.15, 0.2) is 42.5 Å². The molecule has 2 aromatic carbocycles. The molecule has 0 saturated carbocycles. The monoisotopic (exact) mass is 271 g/mol. The van der Waals surface area contributed by atoms with Crippen LogP contribution in [0.4, 0.5) is 5.69 Å². The lowest BCUT2D eigenvalue weighted by Crippen LogP contribution is -2.02. The maximum absolute atomic E-state index is 11.3. The van der Waals surface area contributed by atoms with E-state index in [0.29, 0.717) is 17.9 Å². The van der Waals surface area contributed by atoms with Gasteiger partial charge in [0.2, 0.25) is 0 Å². The number of anilines is 1. The SMILES string of the molecule is COC(=O)c1ccc(COc2ccc(C)c(N)c2)cc1. The summed E-state index contributed by atoms with van der Waals surface area (Å²) in [5, 5.41) is 0. The second kappa shape index (κ2) is 6.10. The summed E-state index contributed by atoms with van der Waals surface area (Å²) in [6, 6.07) is 12.7. The topological polar surface area (TPSA) is 61.5 Å². The summed E-state index contributed by atoms with van der Waals surface area (Å²) < 4.78 is 10.3. The highest BCUT2D eigenvalue weighted by Crippen LogP contribution is 2.20. The number of benzene rings is 2. The third-order valence-electron chi connectivity index (χ3n) is 3.03. The first-order valence-electron chi connectivity index (χ1n) is 6.26. The maximum atomic E-state index is 11.3. The van der Waals surface area contributed by atoms with Crippen LogP contribution in [0.25, 0.3) is 0 Å². The Balaban J connectivity index is 2.00. The number of hydrogen-bond donors (Lipinski definition) is 1. The van der Waals surface area contributed by atoms with Gasteiger partial charge < -0.3 is 15.2 Å². The molecule has 0 bridgehead atoms. The van der Waals surface area contributed by atoms with E-state index in [1.54, 1.807) is 18.2 Å². The lowest BCUT2D eigenvalue weighted by atomic mass is 10.1. The molecule has 0 aliphatic heterocycles. The molecule has 0 saturated heterocycles. The van der Waals surface area contributed by atoms with Crippen molar-refractivity contribution in [2.75, 3.05) is 12.8 Å². The van der Waals surface area contributed by atoms with E-state index < -0.39 is 0 Å². The van der Waals surface area contributed by atoms with Crippen LogP contribution < -0.4 is 10.5 Å². The third kappa shape index (κ3) is 3.29. The molecule has 0 atom stereocenters. The zero-order valence-electron chi connectivity index (χ0n) is 11.6. The molecule has 0 fully saturated rings. The van der Waals surface area contributed by atoms with E-state index >= 15 is 0 Å². The number of nitrogen functional groups attached to an aromatic ring is 1. The summed E-state index contributed by atoms with van der Waals surface area (Å²) in [7, 11) is 1.36. The first-order valence-corrected chi connectivity index (χ1v) is 6.26. The van der Waals surface area contributed by atoms with Crippen LogP contribution in [-0.2, 0) is 11.3 Å². The fourth-order valence-electron chi connectivity index (χ4n) is 1.73. The molecule has 2 rings (SSSR count). The van der Waals surface area contributed by atoms with Crippen molar-refractivity contribution in [3.63, 3.8) is 0 Å². The minimum Gasteiger partial charge on any atom is -0.489 e. The number of rotatable bonds is 4. The highest BCUT2D eigenvalue weighted by atomic mass is 16.5. The minimum absolute atomic E-state index is 0.344. The summed E-state index contributed by atoms with van der Waals surface area (Å²) in [5.41, 5.74) is 9.06. The van der Waals surface area contributed by atoms with Gasteiger partial charge in [-0.2, -0.15) is 0 Å². The number of aryl methyl sites for hydroxylation is 1. The van der Waals surface area contributed by atoms with E-state index in [0.717, 1.165) is 16.9 Å². The molecule has 4 nitrogen and oxygen atoms in total. The van der Waals surface area contributed by atoms with E-state index in [-0.39, 0.29) is 5.97 Å². The molecular formula is C16H17NO3. The summed E-state index contributed by atoms with van der Waals surface area (Å²) >= 11 is 0. The number of carbonyl (C=O) groups excluding carboxylic acids is 1. The molecule has 2 N–H and O–H groups in total. The van der Waals surface area contributed by atoms with Gasteiger partial charge in [-0.25, -0.2) is 4.79 Å². The highest BCUT2D eigenvalue weighted by Gasteiger charge is 2.04. The van der Waals surface area contributed by atoms with Crippen molar-refractivity contribution in [3.05, 3.63) is 59.2 Å². The van der Waals surface area contributed by atoms with Crippen molar-refractivity contribution in [2.45, 2.75) is 13.5 Å². The van der Waals surface area contributed by atoms with Gasteiger partial charge in [0.15, 0.2) is 0 Å². The van der Waals surface area contributed by atoms with E-state index in [4.69, 9.17) is 10.5 Å². The van der Waals surface area contributed by atoms with Crippen molar-refractivity contribution < 1.29 is 14.3 Å². The van der Waals surface area contributed by atoms with Gasteiger partial charge in [0.05, 0.1) is 12.7 Å². The second-order valence-electron chi connectivity index (χ2n) is 4.50. The fourth-order valence-corrected chi connectivity index (χ4v) is 1.73. The molecule has 0 radical (unpaired) electrons. The van der Waals surface area contributed by atoms with E-state index in [1.807, 2.05) is 31.2 Å². The zero-order chi connectivity index (χ0) is 14.5. The Morgan fingerprint density at radius 1 is 1.15 bits per heavy atom. The Morgan fingerprint density at radius 2 is 1.85 bits per heavy atom. The van der Waals surface area contributed by atoms with Crippen molar-refractivity contribution >= 4 is 11.7 Å². The van der Waals surface area contributed by atoms with Gasteiger partial charge in [0, 0.05) is 11.8 Å². The lowest BCUT2D eigenvalue weighted by molar-refractivity contribution is 0.0600. The molecule has 0 amide bonds. The van der Waals surface area contributed by atoms with Crippen LogP contribution in [0.5, 0.6) is 5.75 Å². The van der Waals surface area contributed by atoms with Gasteiger partial charge in [0.25, 0.3) is 0 Å². The number of hydrogen-bond acceptors (Lipinski definition) is 4. The van der Waals surface area contributed by atoms with Gasteiger partial charge in [-0.15, -0.1) is 0 Å². The molecule has 0 spiro atoms. The predicted octanol–water partition coefficient (Wildman–Crippen LogP) is 2.94. The third-order valence-corrected chi connectivity index (χ3v) is 3.03. The maximum Gasteiger partial charge on any atom is 0.337 e. The molecular weight excluding hydrogens is 254 g/mol. The number of nitrogens with two attached hydrogens (primary N) is 1. The summed E-state index contributed by atoms with van der Waals surface area (Å²) in [5.74, 6) is 0.383. The van der Waals surface area contributed by atoms with Crippen LogP contribution in [0.1, 0.15) is 21.5 Å². The quantitative estimate of drug-likeness (QED) is 0.686. The fraction of sp³-hybridized carbons (Fsp3) is 0.188. The average molecular weight is 271 g/mol. The average Bonchev–Trinajstić information content (AvgIpc) is 2.48. The van der Waals surface area contributed by atoms with Gasteiger partial charge in [-0.05, 0) is 36.2 Å². The van der Waals surface area contributed by atoms with Crippen LogP contribution >= 0.6 is 0 Å². The molecule has 0 aliphatic carbocycles. The molecule has 4 heteroatoms. The zero-order valence-corrected chi connectivity index (χ0v) is 11.6. The summed E-state index contributed by atoms with van der Waals surface area (Å²) in [6.45, 7) is 2.37. The van der Waals surface area contributed by atoms with Gasteiger partial charge >= 0.3 is 5.97 Å². The van der Waals surface area contributed by atoms with E-state index in [1.165, 1.54) is 7.11 Å². The Bertz CT molecular complexity index is 606. The Hall–Kier alpha value is -2.49. The van der Waals surface area contributed by atoms with Crippen LogP contribution in [0.2, 0.25) is 0 Å². The number of methoxy groups -OCH3 is 1. The first-order chi connectivity index (χ1) is 9.60. The van der Waals surface area contributed by atoms with E-state index in [9.17, 15) is 4.79 Å². The molecule has 0 aliphatic rings. The van der Waals surface area contributed by atoms with Gasteiger partial charge in [-0.3, -0.25) is 0 Å². The standard InChI is InChI=1S/C16H17NO3/c1-11-3-8-14(9-15(11)17)20-10-12-4-6-13(7-5-12)16(18)19-2/h3-9H,10,17H2,1-2H3. The lowest BCUT2D eigenvalue weighted by Gasteiger charge is -2.08. The largest absolute Gasteiger partial charge is 0.489 e. The molecule has 20 heavy (non-hydrogen) atoms. The van der Waals surface area contributed by atoms with Gasteiger partial charge in [-0.1, -0.05) is 18.2 Å². The van der Waals surface area contributed by atoms with Crippen LogP contribution in [0, 0.1) is 6.92 Å². The molecule has 0 unspecified atom stereocenters. The van der Waals surface area contributed by atoms with Crippen LogP contribution in [0.3, 0.4) is 0 Å². The molecule has 104 valence electrons. The Morgan fingerprint density at radius 3 is 2.45 bits per heavy atom. The minimum atomic E-state index is -0.344. The smallest absolute Gasteiger partial charge is 0.337 e. The normalized spacial score (nSPS) is 10.1. The number of ether oxygens (including phenoxy) is 2. The van der Waals surface area contributed by atoms with Crippen molar-refractivity contribution in [2.24, 2.45) is 0 Å². The van der Waals surface area contributed by atoms with Crippen molar-refractivity contribution in [1.29, 1.82) is 0 Å². The number of esters is 1. The van der Waals surface area contributed by atoms with Crippen molar-refractivity contribution in [3.8, 4) is 5.75 Å². The Kier molecular flexibility index (Phi) is 4.25. The molecule has 0 heterocycles. The first kappa shape index (κ1) is 13.9. The Labute approximate surface area is 118 Å². The molecule has 2 aromatic rings. The summed E-state index contributed by atoms with van der Waals surface area (Å²) in [6.07, 6.45) is 0.